The van der Waals surface area contributed by atoms with Crippen molar-refractivity contribution in [3.05, 3.63) is 0 Å². The first-order valence-corrected chi connectivity index (χ1v) is 6.07. The van der Waals surface area contributed by atoms with Gasteiger partial charge in [-0.1, -0.05) is 12.8 Å². The molecule has 2 aliphatic carbocycles. The predicted octanol–water partition coefficient (Wildman–Crippen LogP) is 1.99. The zero-order valence-electron chi connectivity index (χ0n) is 9.26. The van der Waals surface area contributed by atoms with Crippen molar-refractivity contribution in [3.8, 4) is 0 Å². The van der Waals surface area contributed by atoms with E-state index in [-0.39, 0.29) is 23.7 Å². The van der Waals surface area contributed by atoms with Crippen LogP contribution in [0.4, 0.5) is 0 Å². The van der Waals surface area contributed by atoms with Gasteiger partial charge in [-0.25, -0.2) is 0 Å². The number of carbonyl (C=O) groups is 2. The Balaban J connectivity index is 2.17. The molecular weight excluding hydrogens is 208 g/mol. The van der Waals surface area contributed by atoms with Crippen molar-refractivity contribution in [2.75, 3.05) is 0 Å². The summed E-state index contributed by atoms with van der Waals surface area (Å²) in [5.41, 5.74) is 0. The molecule has 2 aliphatic rings. The molecule has 2 fully saturated rings. The molecule has 0 aromatic carbocycles. The van der Waals surface area contributed by atoms with E-state index < -0.39 is 11.9 Å². The quantitative estimate of drug-likeness (QED) is 0.755. The Labute approximate surface area is 94.7 Å². The molecule has 0 amide bonds. The minimum atomic E-state index is -0.735. The minimum Gasteiger partial charge on any atom is -0.481 e. The first kappa shape index (κ1) is 11.4. The monoisotopic (exact) mass is 226 g/mol. The standard InChI is InChI=1S/C12H18O4/c13-11(14)9-5-6-10(12(15)16)8-4-2-1-3-7(8)9/h7-10H,1-6H2,(H,13,14)(H,15,16)/t7-,8-,9-,10+/m0/s1. The van der Waals surface area contributed by atoms with Crippen LogP contribution in [0.2, 0.25) is 0 Å². The van der Waals surface area contributed by atoms with Crippen LogP contribution in [-0.4, -0.2) is 22.2 Å². The predicted molar refractivity (Wildman–Crippen MR) is 56.9 cm³/mol. The molecule has 0 unspecified atom stereocenters. The van der Waals surface area contributed by atoms with Gasteiger partial charge in [0, 0.05) is 0 Å². The van der Waals surface area contributed by atoms with Gasteiger partial charge in [0.25, 0.3) is 0 Å². The van der Waals surface area contributed by atoms with E-state index in [2.05, 4.69) is 0 Å². The fourth-order valence-electron chi connectivity index (χ4n) is 3.59. The molecule has 2 N–H and O–H groups in total. The van der Waals surface area contributed by atoms with E-state index in [1.807, 2.05) is 0 Å². The van der Waals surface area contributed by atoms with E-state index in [1.54, 1.807) is 0 Å². The number of fused-ring (bicyclic) bond motifs is 1. The smallest absolute Gasteiger partial charge is 0.306 e. The molecule has 90 valence electrons. The third kappa shape index (κ3) is 1.93. The molecule has 16 heavy (non-hydrogen) atoms. The van der Waals surface area contributed by atoms with Gasteiger partial charge in [0.2, 0.25) is 0 Å². The molecule has 0 aromatic heterocycles. The second kappa shape index (κ2) is 4.44. The lowest BCUT2D eigenvalue weighted by Gasteiger charge is -2.42. The second-order valence-electron chi connectivity index (χ2n) is 5.08. The highest BCUT2D eigenvalue weighted by molar-refractivity contribution is 5.73. The summed E-state index contributed by atoms with van der Waals surface area (Å²) >= 11 is 0. The van der Waals surface area contributed by atoms with Crippen LogP contribution in [0.25, 0.3) is 0 Å². The first-order valence-electron chi connectivity index (χ1n) is 6.07. The molecule has 4 nitrogen and oxygen atoms in total. The van der Waals surface area contributed by atoms with Crippen LogP contribution in [-0.2, 0) is 9.59 Å². The largest absolute Gasteiger partial charge is 0.481 e. The Morgan fingerprint density at radius 1 is 0.750 bits per heavy atom. The third-order valence-electron chi connectivity index (χ3n) is 4.33. The molecule has 0 spiro atoms. The van der Waals surface area contributed by atoms with Gasteiger partial charge in [-0.05, 0) is 37.5 Å². The summed E-state index contributed by atoms with van der Waals surface area (Å²) in [4.78, 5) is 22.3. The molecule has 4 atom stereocenters. The van der Waals surface area contributed by atoms with Crippen LogP contribution in [0.1, 0.15) is 38.5 Å². The second-order valence-corrected chi connectivity index (χ2v) is 5.08. The number of aliphatic carboxylic acids is 2. The Morgan fingerprint density at radius 3 is 1.44 bits per heavy atom. The van der Waals surface area contributed by atoms with Gasteiger partial charge in [-0.2, -0.15) is 0 Å². The topological polar surface area (TPSA) is 74.6 Å². The number of carboxylic acids is 2. The molecule has 4 heteroatoms. The Bertz CT molecular complexity index is 269. The average molecular weight is 226 g/mol. The van der Waals surface area contributed by atoms with Crippen LogP contribution in [0.3, 0.4) is 0 Å². The zero-order valence-corrected chi connectivity index (χ0v) is 9.26. The van der Waals surface area contributed by atoms with E-state index in [1.165, 1.54) is 0 Å². The number of hydrogen-bond donors (Lipinski definition) is 2. The van der Waals surface area contributed by atoms with E-state index in [0.29, 0.717) is 12.8 Å². The molecule has 2 saturated carbocycles. The lowest BCUT2D eigenvalue weighted by molar-refractivity contribution is -0.156. The summed E-state index contributed by atoms with van der Waals surface area (Å²) in [5, 5.41) is 18.3. The van der Waals surface area contributed by atoms with E-state index in [9.17, 15) is 9.59 Å². The van der Waals surface area contributed by atoms with Gasteiger partial charge in [-0.15, -0.1) is 0 Å². The zero-order chi connectivity index (χ0) is 11.7. The molecule has 0 aromatic rings. The minimum absolute atomic E-state index is 0.0982. The van der Waals surface area contributed by atoms with Crippen molar-refractivity contribution in [1.82, 2.24) is 0 Å². The van der Waals surface area contributed by atoms with Gasteiger partial charge in [0.1, 0.15) is 0 Å². The summed E-state index contributed by atoms with van der Waals surface area (Å²) in [6.07, 6.45) is 4.96. The Morgan fingerprint density at radius 2 is 1.12 bits per heavy atom. The third-order valence-corrected chi connectivity index (χ3v) is 4.33. The fourth-order valence-corrected chi connectivity index (χ4v) is 3.59. The number of carboxylic acid groups (broad SMARTS) is 2. The van der Waals surface area contributed by atoms with Crippen LogP contribution in [0.15, 0.2) is 0 Å². The highest BCUT2D eigenvalue weighted by Crippen LogP contribution is 2.46. The maximum atomic E-state index is 11.1. The van der Waals surface area contributed by atoms with Gasteiger partial charge in [0.05, 0.1) is 11.8 Å². The molecule has 2 rings (SSSR count). The van der Waals surface area contributed by atoms with Gasteiger partial charge < -0.3 is 10.2 Å². The fraction of sp³-hybridized carbons (Fsp3) is 0.833. The average Bonchev–Trinajstić information content (AvgIpc) is 2.27. The van der Waals surface area contributed by atoms with Crippen LogP contribution in [0, 0.1) is 23.7 Å². The molecule has 0 aliphatic heterocycles. The Kier molecular flexibility index (Phi) is 3.17. The Hall–Kier alpha value is -1.06. The summed E-state index contributed by atoms with van der Waals surface area (Å²) in [6, 6.07) is 0. The molecule has 0 heterocycles. The van der Waals surface area contributed by atoms with E-state index in [0.717, 1.165) is 25.7 Å². The van der Waals surface area contributed by atoms with Crippen molar-refractivity contribution in [2.45, 2.75) is 38.5 Å². The lowest BCUT2D eigenvalue weighted by Crippen LogP contribution is -2.42. The van der Waals surface area contributed by atoms with Crippen LogP contribution < -0.4 is 0 Å². The maximum absolute atomic E-state index is 11.1. The van der Waals surface area contributed by atoms with E-state index >= 15 is 0 Å². The van der Waals surface area contributed by atoms with Crippen molar-refractivity contribution in [3.63, 3.8) is 0 Å². The van der Waals surface area contributed by atoms with Crippen LogP contribution >= 0.6 is 0 Å². The summed E-state index contributed by atoms with van der Waals surface area (Å²) in [7, 11) is 0. The normalized spacial score (nSPS) is 38.8. The SMILES string of the molecule is O=C(O)[C@H]1CC[C@@H](C(=O)O)[C@H]2CCCC[C@@H]21. The maximum Gasteiger partial charge on any atom is 0.306 e. The first-order chi connectivity index (χ1) is 7.61. The van der Waals surface area contributed by atoms with Gasteiger partial charge in [-0.3, -0.25) is 9.59 Å². The summed E-state index contributed by atoms with van der Waals surface area (Å²) < 4.78 is 0. The molecule has 0 saturated heterocycles. The number of hydrogen-bond acceptors (Lipinski definition) is 2. The van der Waals surface area contributed by atoms with Gasteiger partial charge in [0.15, 0.2) is 0 Å². The summed E-state index contributed by atoms with van der Waals surface area (Å²) in [6.45, 7) is 0. The van der Waals surface area contributed by atoms with Crippen molar-refractivity contribution in [2.24, 2.45) is 23.7 Å². The van der Waals surface area contributed by atoms with Crippen LogP contribution in [0.5, 0.6) is 0 Å². The van der Waals surface area contributed by atoms with E-state index in [4.69, 9.17) is 10.2 Å². The lowest BCUT2D eigenvalue weighted by atomic mass is 9.61. The van der Waals surface area contributed by atoms with Crippen molar-refractivity contribution >= 4 is 11.9 Å². The molecule has 0 radical (unpaired) electrons. The highest BCUT2D eigenvalue weighted by atomic mass is 16.4. The summed E-state index contributed by atoms with van der Waals surface area (Å²) in [5.74, 6) is -1.88. The molecular formula is C12H18O4. The highest BCUT2D eigenvalue weighted by Gasteiger charge is 2.45. The number of rotatable bonds is 2. The van der Waals surface area contributed by atoms with Crippen molar-refractivity contribution < 1.29 is 19.8 Å². The van der Waals surface area contributed by atoms with Gasteiger partial charge >= 0.3 is 11.9 Å². The van der Waals surface area contributed by atoms with Crippen molar-refractivity contribution in [1.29, 1.82) is 0 Å². The molecule has 0 bridgehead atoms.